The highest BCUT2D eigenvalue weighted by Crippen LogP contribution is 2.44. The molecule has 0 aromatic heterocycles. The lowest BCUT2D eigenvalue weighted by Crippen LogP contribution is -2.07. The Morgan fingerprint density at radius 2 is 1.75 bits per heavy atom. The molecule has 1 aliphatic rings. The van der Waals surface area contributed by atoms with Crippen LogP contribution in [0.4, 0.5) is 5.69 Å². The van der Waals surface area contributed by atoms with Crippen LogP contribution in [0.5, 0.6) is 5.75 Å². The highest BCUT2D eigenvalue weighted by molar-refractivity contribution is 8.08. The first kappa shape index (κ1) is 14.8. The van der Waals surface area contributed by atoms with Gasteiger partial charge in [0.05, 0.1) is 12.8 Å². The lowest BCUT2D eigenvalue weighted by Gasteiger charge is -2.11. The highest BCUT2D eigenvalue weighted by atomic mass is 32.2. The van der Waals surface area contributed by atoms with E-state index >= 15 is 0 Å². The van der Waals surface area contributed by atoms with E-state index in [1.165, 1.54) is 0 Å². The SMILES string of the molecule is COc1ccc(C2=CC(=O)Nc3ccc4ccccc4c3S2)cc1. The lowest BCUT2D eigenvalue weighted by atomic mass is 10.1. The molecule has 1 amide bonds. The molecule has 0 bridgehead atoms. The number of ether oxygens (including phenoxy) is 1. The number of carbonyl (C=O) groups excluding carboxylic acids is 1. The summed E-state index contributed by atoms with van der Waals surface area (Å²) in [6, 6.07) is 20.0. The van der Waals surface area contributed by atoms with E-state index in [4.69, 9.17) is 4.74 Å². The first-order chi connectivity index (χ1) is 11.7. The minimum Gasteiger partial charge on any atom is -0.497 e. The number of benzene rings is 3. The zero-order valence-electron chi connectivity index (χ0n) is 13.1. The Labute approximate surface area is 144 Å². The van der Waals surface area contributed by atoms with Crippen LogP contribution in [0.2, 0.25) is 0 Å². The Morgan fingerprint density at radius 1 is 0.958 bits per heavy atom. The van der Waals surface area contributed by atoms with E-state index in [1.54, 1.807) is 24.9 Å². The molecule has 0 atom stereocenters. The fraction of sp³-hybridized carbons (Fsp3) is 0.0500. The maximum atomic E-state index is 12.3. The lowest BCUT2D eigenvalue weighted by molar-refractivity contribution is -0.111. The zero-order valence-corrected chi connectivity index (χ0v) is 13.9. The second-order valence-electron chi connectivity index (χ2n) is 5.49. The average molecular weight is 333 g/mol. The third kappa shape index (κ3) is 2.65. The molecule has 24 heavy (non-hydrogen) atoms. The minimum absolute atomic E-state index is 0.109. The number of fused-ring (bicyclic) bond motifs is 3. The molecule has 4 heteroatoms. The van der Waals surface area contributed by atoms with Gasteiger partial charge in [-0.2, -0.15) is 0 Å². The van der Waals surface area contributed by atoms with Crippen LogP contribution in [0.3, 0.4) is 0 Å². The molecule has 1 aliphatic heterocycles. The predicted octanol–water partition coefficient (Wildman–Crippen LogP) is 4.93. The molecule has 0 saturated heterocycles. The molecule has 3 aromatic carbocycles. The molecule has 118 valence electrons. The maximum Gasteiger partial charge on any atom is 0.249 e. The molecular weight excluding hydrogens is 318 g/mol. The van der Waals surface area contributed by atoms with Crippen LogP contribution in [0.15, 0.2) is 71.6 Å². The number of hydrogen-bond acceptors (Lipinski definition) is 3. The topological polar surface area (TPSA) is 38.3 Å². The van der Waals surface area contributed by atoms with Gasteiger partial charge >= 0.3 is 0 Å². The van der Waals surface area contributed by atoms with Crippen molar-refractivity contribution < 1.29 is 9.53 Å². The van der Waals surface area contributed by atoms with Gasteiger partial charge in [0.15, 0.2) is 0 Å². The van der Waals surface area contributed by atoms with Crippen molar-refractivity contribution in [2.75, 3.05) is 12.4 Å². The van der Waals surface area contributed by atoms with Crippen LogP contribution in [0, 0.1) is 0 Å². The summed E-state index contributed by atoms with van der Waals surface area (Å²) in [5, 5.41) is 5.28. The van der Waals surface area contributed by atoms with Crippen molar-refractivity contribution in [3.05, 3.63) is 72.3 Å². The quantitative estimate of drug-likeness (QED) is 0.722. The van der Waals surface area contributed by atoms with Crippen molar-refractivity contribution in [2.45, 2.75) is 4.90 Å². The zero-order chi connectivity index (χ0) is 16.5. The summed E-state index contributed by atoms with van der Waals surface area (Å²) in [5.74, 6) is 0.690. The Morgan fingerprint density at radius 3 is 2.54 bits per heavy atom. The number of carbonyl (C=O) groups is 1. The van der Waals surface area contributed by atoms with Gasteiger partial charge in [-0.3, -0.25) is 4.79 Å². The fourth-order valence-electron chi connectivity index (χ4n) is 2.78. The van der Waals surface area contributed by atoms with Gasteiger partial charge in [0, 0.05) is 15.9 Å². The summed E-state index contributed by atoms with van der Waals surface area (Å²) < 4.78 is 5.21. The molecule has 4 rings (SSSR count). The number of rotatable bonds is 2. The summed E-state index contributed by atoms with van der Waals surface area (Å²) in [6.07, 6.45) is 1.65. The second kappa shape index (κ2) is 6.06. The van der Waals surface area contributed by atoms with E-state index in [9.17, 15) is 4.79 Å². The summed E-state index contributed by atoms with van der Waals surface area (Å²) in [5.41, 5.74) is 1.85. The number of hydrogen-bond donors (Lipinski definition) is 1. The number of nitrogens with one attached hydrogen (secondary N) is 1. The van der Waals surface area contributed by atoms with Gasteiger partial charge in [0.2, 0.25) is 5.91 Å². The van der Waals surface area contributed by atoms with Crippen molar-refractivity contribution in [1.82, 2.24) is 0 Å². The monoisotopic (exact) mass is 333 g/mol. The van der Waals surface area contributed by atoms with Crippen molar-refractivity contribution >= 4 is 39.0 Å². The summed E-state index contributed by atoms with van der Waals surface area (Å²) >= 11 is 1.61. The van der Waals surface area contributed by atoms with Gasteiger partial charge in [-0.25, -0.2) is 0 Å². The molecule has 0 unspecified atom stereocenters. The molecule has 3 aromatic rings. The van der Waals surface area contributed by atoms with Crippen LogP contribution in [0.25, 0.3) is 15.7 Å². The van der Waals surface area contributed by atoms with Crippen LogP contribution < -0.4 is 10.1 Å². The maximum absolute atomic E-state index is 12.3. The number of anilines is 1. The summed E-state index contributed by atoms with van der Waals surface area (Å²) in [6.45, 7) is 0. The van der Waals surface area contributed by atoms with E-state index in [0.29, 0.717) is 0 Å². The first-order valence-corrected chi connectivity index (χ1v) is 8.43. The Hall–Kier alpha value is -2.72. The van der Waals surface area contributed by atoms with Gasteiger partial charge < -0.3 is 10.1 Å². The van der Waals surface area contributed by atoms with E-state index in [2.05, 4.69) is 17.4 Å². The predicted molar refractivity (Wildman–Crippen MR) is 99.4 cm³/mol. The molecule has 0 saturated carbocycles. The fourth-order valence-corrected chi connectivity index (χ4v) is 3.94. The Bertz CT molecular complexity index is 961. The van der Waals surface area contributed by atoms with Crippen LogP contribution >= 0.6 is 11.8 Å². The van der Waals surface area contributed by atoms with Crippen LogP contribution in [-0.2, 0) is 4.79 Å². The van der Waals surface area contributed by atoms with Crippen molar-refractivity contribution in [3.63, 3.8) is 0 Å². The largest absolute Gasteiger partial charge is 0.497 e. The Balaban J connectivity index is 1.83. The molecule has 1 heterocycles. The van der Waals surface area contributed by atoms with Crippen molar-refractivity contribution in [3.8, 4) is 5.75 Å². The number of methoxy groups -OCH3 is 1. The van der Waals surface area contributed by atoms with Crippen molar-refractivity contribution in [1.29, 1.82) is 0 Å². The number of thioether (sulfide) groups is 1. The van der Waals surface area contributed by atoms with Gasteiger partial charge in [-0.05, 0) is 34.5 Å². The third-order valence-electron chi connectivity index (χ3n) is 3.99. The molecule has 0 aliphatic carbocycles. The summed E-state index contributed by atoms with van der Waals surface area (Å²) in [4.78, 5) is 14.3. The summed E-state index contributed by atoms with van der Waals surface area (Å²) in [7, 11) is 1.64. The first-order valence-electron chi connectivity index (χ1n) is 7.61. The standard InChI is InChI=1S/C20H15NO2S/c1-23-15-9-6-14(7-10-15)18-12-19(22)21-17-11-8-13-4-2-3-5-16(13)20(17)24-18/h2-12H,1H3,(H,21,22). The normalized spacial score (nSPS) is 13.7. The van der Waals surface area contributed by atoms with Gasteiger partial charge in [-0.15, -0.1) is 0 Å². The van der Waals surface area contributed by atoms with Gasteiger partial charge in [0.1, 0.15) is 5.75 Å². The third-order valence-corrected chi connectivity index (χ3v) is 5.20. The molecule has 0 radical (unpaired) electrons. The van der Waals surface area contributed by atoms with Crippen LogP contribution in [0.1, 0.15) is 5.56 Å². The van der Waals surface area contributed by atoms with E-state index in [-0.39, 0.29) is 5.91 Å². The Kier molecular flexibility index (Phi) is 3.75. The van der Waals surface area contributed by atoms with Gasteiger partial charge in [0.25, 0.3) is 0 Å². The van der Waals surface area contributed by atoms with E-state index in [0.717, 1.165) is 37.6 Å². The second-order valence-corrected chi connectivity index (χ2v) is 6.54. The molecule has 0 spiro atoms. The highest BCUT2D eigenvalue weighted by Gasteiger charge is 2.18. The number of amides is 1. The molecule has 1 N–H and O–H groups in total. The van der Waals surface area contributed by atoms with Gasteiger partial charge in [-0.1, -0.05) is 54.2 Å². The molecule has 0 fully saturated rings. The minimum atomic E-state index is -0.109. The molecular formula is C20H15NO2S. The van der Waals surface area contributed by atoms with E-state index < -0.39 is 0 Å². The average Bonchev–Trinajstić information content (AvgIpc) is 2.80. The van der Waals surface area contributed by atoms with E-state index in [1.807, 2.05) is 48.5 Å². The van der Waals surface area contributed by atoms with Crippen LogP contribution in [-0.4, -0.2) is 13.0 Å². The molecule has 3 nitrogen and oxygen atoms in total. The van der Waals surface area contributed by atoms with Crippen molar-refractivity contribution in [2.24, 2.45) is 0 Å². The smallest absolute Gasteiger partial charge is 0.249 e.